The minimum atomic E-state index is 1.04. The number of nitrogens with zero attached hydrogens (tertiary/aromatic N) is 1. The van der Waals surface area contributed by atoms with E-state index in [0.29, 0.717) is 0 Å². The average molecular weight is 323 g/mol. The minimum absolute atomic E-state index is 1.04. The van der Waals surface area contributed by atoms with Crippen LogP contribution in [0.5, 0.6) is 0 Å². The van der Waals surface area contributed by atoms with E-state index in [0.717, 1.165) is 16.8 Å². The van der Waals surface area contributed by atoms with Crippen molar-refractivity contribution >= 4 is 48.0 Å². The molecular formula is C22H13NS. The van der Waals surface area contributed by atoms with E-state index in [1.54, 1.807) is 0 Å². The van der Waals surface area contributed by atoms with Crippen LogP contribution in [0, 0.1) is 0 Å². The summed E-state index contributed by atoms with van der Waals surface area (Å²) < 4.78 is 2.61. The SMILES string of the molecule is C1=CC=CC=C(c2nc3ccccc3c3sc4ccccc4c23)C=1. The van der Waals surface area contributed by atoms with Crippen molar-refractivity contribution in [2.75, 3.05) is 0 Å². The number of benzene rings is 2. The van der Waals surface area contributed by atoms with Crippen LogP contribution in [0.1, 0.15) is 5.69 Å². The molecule has 2 aromatic heterocycles. The maximum atomic E-state index is 5.01. The first-order valence-corrected chi connectivity index (χ1v) is 8.73. The molecule has 1 nitrogen and oxygen atoms in total. The molecule has 24 heavy (non-hydrogen) atoms. The summed E-state index contributed by atoms with van der Waals surface area (Å²) in [5.74, 6) is 0. The van der Waals surface area contributed by atoms with E-state index >= 15 is 0 Å². The predicted octanol–water partition coefficient (Wildman–Crippen LogP) is 6.27. The van der Waals surface area contributed by atoms with Crippen LogP contribution in [-0.4, -0.2) is 4.98 Å². The van der Waals surface area contributed by atoms with Crippen LogP contribution in [0.4, 0.5) is 0 Å². The molecule has 0 saturated carbocycles. The Morgan fingerprint density at radius 2 is 1.71 bits per heavy atom. The molecule has 0 aliphatic heterocycles. The standard InChI is InChI=1S/C22H13NS/c1-2-4-10-15(9-3-1)21-20-17-12-6-8-14-19(17)24-22(20)16-11-5-7-13-18(16)23-21/h1-3,5-14H. The Morgan fingerprint density at radius 1 is 0.875 bits per heavy atom. The molecule has 4 aromatic rings. The lowest BCUT2D eigenvalue weighted by molar-refractivity contribution is 1.39. The smallest absolute Gasteiger partial charge is 0.0809 e. The van der Waals surface area contributed by atoms with Gasteiger partial charge in [0.1, 0.15) is 0 Å². The van der Waals surface area contributed by atoms with Gasteiger partial charge < -0.3 is 0 Å². The van der Waals surface area contributed by atoms with Gasteiger partial charge in [0.05, 0.1) is 11.2 Å². The molecule has 0 fully saturated rings. The van der Waals surface area contributed by atoms with E-state index in [1.165, 1.54) is 25.6 Å². The van der Waals surface area contributed by atoms with Crippen molar-refractivity contribution < 1.29 is 0 Å². The van der Waals surface area contributed by atoms with Crippen molar-refractivity contribution in [3.05, 3.63) is 90.3 Å². The van der Waals surface area contributed by atoms with Crippen molar-refractivity contribution in [2.24, 2.45) is 0 Å². The van der Waals surface area contributed by atoms with Gasteiger partial charge in [0.25, 0.3) is 0 Å². The number of allylic oxidation sites excluding steroid dienone is 5. The molecule has 0 amide bonds. The molecule has 0 spiro atoms. The summed E-state index contributed by atoms with van der Waals surface area (Å²) in [5.41, 5.74) is 6.38. The zero-order chi connectivity index (χ0) is 15.9. The quantitative estimate of drug-likeness (QED) is 0.376. The Hall–Kier alpha value is -2.93. The highest BCUT2D eigenvalue weighted by atomic mass is 32.1. The van der Waals surface area contributed by atoms with Gasteiger partial charge in [0, 0.05) is 31.1 Å². The van der Waals surface area contributed by atoms with E-state index in [1.807, 2.05) is 35.6 Å². The summed E-state index contributed by atoms with van der Waals surface area (Å²) in [4.78, 5) is 5.01. The summed E-state index contributed by atoms with van der Waals surface area (Å²) in [5, 5.41) is 3.74. The van der Waals surface area contributed by atoms with Crippen molar-refractivity contribution in [3.63, 3.8) is 0 Å². The first-order valence-electron chi connectivity index (χ1n) is 7.91. The van der Waals surface area contributed by atoms with E-state index in [9.17, 15) is 0 Å². The molecule has 0 unspecified atom stereocenters. The van der Waals surface area contributed by atoms with Crippen LogP contribution in [0.25, 0.3) is 36.6 Å². The summed E-state index contributed by atoms with van der Waals surface area (Å²) in [7, 11) is 0. The van der Waals surface area contributed by atoms with E-state index in [4.69, 9.17) is 4.98 Å². The van der Waals surface area contributed by atoms with Crippen LogP contribution in [0.15, 0.2) is 84.6 Å². The molecule has 112 valence electrons. The van der Waals surface area contributed by atoms with Gasteiger partial charge in [-0.2, -0.15) is 0 Å². The van der Waals surface area contributed by atoms with Gasteiger partial charge in [-0.25, -0.2) is 4.98 Å². The second kappa shape index (κ2) is 5.31. The largest absolute Gasteiger partial charge is 0.247 e. The zero-order valence-electron chi connectivity index (χ0n) is 12.9. The maximum Gasteiger partial charge on any atom is 0.0809 e. The Labute approximate surface area is 143 Å². The van der Waals surface area contributed by atoms with Gasteiger partial charge in [-0.05, 0) is 24.3 Å². The fourth-order valence-electron chi connectivity index (χ4n) is 3.22. The third-order valence-corrected chi connectivity index (χ3v) is 5.51. The van der Waals surface area contributed by atoms with Gasteiger partial charge in [-0.1, -0.05) is 54.6 Å². The molecule has 5 rings (SSSR count). The number of pyridine rings is 1. The summed E-state index contributed by atoms with van der Waals surface area (Å²) in [6.07, 6.45) is 10.1. The van der Waals surface area contributed by atoms with Crippen LogP contribution in [0.2, 0.25) is 0 Å². The van der Waals surface area contributed by atoms with Crippen molar-refractivity contribution in [1.82, 2.24) is 4.98 Å². The van der Waals surface area contributed by atoms with E-state index in [2.05, 4.69) is 60.3 Å². The number of hydrogen-bond acceptors (Lipinski definition) is 2. The summed E-state index contributed by atoms with van der Waals surface area (Å²) >= 11 is 1.85. The molecule has 0 radical (unpaired) electrons. The Morgan fingerprint density at radius 3 is 2.67 bits per heavy atom. The molecular weight excluding hydrogens is 310 g/mol. The lowest BCUT2D eigenvalue weighted by atomic mass is 10.0. The fraction of sp³-hybridized carbons (Fsp3) is 0. The molecule has 2 aromatic carbocycles. The highest BCUT2D eigenvalue weighted by Crippen LogP contribution is 2.41. The highest BCUT2D eigenvalue weighted by molar-refractivity contribution is 7.26. The van der Waals surface area contributed by atoms with Crippen LogP contribution >= 0.6 is 11.3 Å². The molecule has 1 aliphatic carbocycles. The van der Waals surface area contributed by atoms with Crippen LogP contribution < -0.4 is 0 Å². The Kier molecular flexibility index (Phi) is 2.99. The number of aromatic nitrogens is 1. The lowest BCUT2D eigenvalue weighted by Crippen LogP contribution is -1.90. The van der Waals surface area contributed by atoms with Crippen molar-refractivity contribution in [1.29, 1.82) is 0 Å². The third-order valence-electron chi connectivity index (χ3n) is 4.30. The normalized spacial score (nSPS) is 13.8. The van der Waals surface area contributed by atoms with E-state index in [-0.39, 0.29) is 0 Å². The second-order valence-electron chi connectivity index (χ2n) is 5.76. The van der Waals surface area contributed by atoms with Gasteiger partial charge >= 0.3 is 0 Å². The van der Waals surface area contributed by atoms with Crippen molar-refractivity contribution in [3.8, 4) is 0 Å². The highest BCUT2D eigenvalue weighted by Gasteiger charge is 2.16. The molecule has 0 saturated heterocycles. The van der Waals surface area contributed by atoms with Gasteiger partial charge in [-0.3, -0.25) is 0 Å². The molecule has 2 heterocycles. The van der Waals surface area contributed by atoms with Gasteiger partial charge in [0.2, 0.25) is 0 Å². The molecule has 0 atom stereocenters. The number of fused-ring (bicyclic) bond motifs is 5. The predicted molar refractivity (Wildman–Crippen MR) is 104 cm³/mol. The van der Waals surface area contributed by atoms with Gasteiger partial charge in [-0.15, -0.1) is 17.1 Å². The first-order chi connectivity index (χ1) is 11.9. The first kappa shape index (κ1) is 13.5. The Bertz CT molecular complexity index is 1230. The molecule has 0 N–H and O–H groups in total. The van der Waals surface area contributed by atoms with Crippen LogP contribution in [-0.2, 0) is 0 Å². The number of para-hydroxylation sites is 1. The monoisotopic (exact) mass is 323 g/mol. The fourth-order valence-corrected chi connectivity index (χ4v) is 4.46. The topological polar surface area (TPSA) is 12.9 Å². The number of hydrogen-bond donors (Lipinski definition) is 0. The molecule has 1 aliphatic rings. The second-order valence-corrected chi connectivity index (χ2v) is 6.82. The lowest BCUT2D eigenvalue weighted by Gasteiger charge is -2.07. The van der Waals surface area contributed by atoms with Crippen molar-refractivity contribution in [2.45, 2.75) is 0 Å². The average Bonchev–Trinajstić information content (AvgIpc) is 2.81. The zero-order valence-corrected chi connectivity index (χ0v) is 13.7. The van der Waals surface area contributed by atoms with Crippen LogP contribution in [0.3, 0.4) is 0 Å². The summed E-state index contributed by atoms with van der Waals surface area (Å²) in [6.45, 7) is 0. The third kappa shape index (κ3) is 1.98. The molecule has 2 heteroatoms. The van der Waals surface area contributed by atoms with E-state index < -0.39 is 0 Å². The Balaban J connectivity index is 2.02. The van der Waals surface area contributed by atoms with Gasteiger partial charge in [0.15, 0.2) is 0 Å². The maximum absolute atomic E-state index is 5.01. The minimum Gasteiger partial charge on any atom is -0.247 e. The summed E-state index contributed by atoms with van der Waals surface area (Å²) in [6, 6.07) is 17.0. The number of thiophene rings is 1. The number of rotatable bonds is 1. The molecule has 0 bridgehead atoms.